The molecule has 0 aliphatic heterocycles. The Hall–Kier alpha value is -6.95. The molecule has 2 heterocycles. The van der Waals surface area contributed by atoms with Crippen LogP contribution in [0.4, 0.5) is 54.0 Å². The number of benzene rings is 5. The fourth-order valence-corrected chi connectivity index (χ4v) is 8.54. The average molecular weight is 1090 g/mol. The first-order chi connectivity index (χ1) is 35.2. The molecule has 76 heavy (non-hydrogen) atoms. The summed E-state index contributed by atoms with van der Waals surface area (Å²) in [6.45, 7) is 7.31. The molecule has 0 aliphatic carbocycles. The third-order valence-corrected chi connectivity index (χ3v) is 12.9. The SMILES string of the molecule is C[C@](Cc1ccccc1)(CC(F)(F)F)C(=O)Cl.C[C@](Cc1ccccc1)(CC(F)(F)F)C(=O)O.Cc1c(CC(=O)[C@@](C)(Cc2ccccc2)CC(F)(F)F)cnc2c(F)cccc12.Cc1c(N)cnc2c(F)cccc12. The number of nitrogens with zero attached hydrogens (tertiary/aromatic N) is 2. The predicted molar refractivity (Wildman–Crippen MR) is 271 cm³/mol. The zero-order chi connectivity index (χ0) is 56.9. The van der Waals surface area contributed by atoms with Gasteiger partial charge in [0.15, 0.2) is 0 Å². The van der Waals surface area contributed by atoms with Gasteiger partial charge in [-0.25, -0.2) is 8.78 Å². The maximum absolute atomic E-state index is 13.9. The van der Waals surface area contributed by atoms with Crippen LogP contribution in [0.2, 0.25) is 0 Å². The van der Waals surface area contributed by atoms with Gasteiger partial charge in [0.1, 0.15) is 28.5 Å². The van der Waals surface area contributed by atoms with Crippen molar-refractivity contribution in [2.75, 3.05) is 5.73 Å². The molecule has 2 aromatic heterocycles. The summed E-state index contributed by atoms with van der Waals surface area (Å²) in [4.78, 5) is 43.3. The van der Waals surface area contributed by atoms with Gasteiger partial charge in [0.2, 0.25) is 5.24 Å². The number of rotatable bonds is 14. The number of ketones is 1. The van der Waals surface area contributed by atoms with E-state index in [4.69, 9.17) is 22.4 Å². The maximum atomic E-state index is 13.9. The highest BCUT2D eigenvalue weighted by Crippen LogP contribution is 2.40. The third kappa shape index (κ3) is 18.4. The number of nitrogen functional groups attached to an aromatic ring is 1. The number of aromatic nitrogens is 2. The number of nitrogens with two attached hydrogens (primary N) is 1. The lowest BCUT2D eigenvalue weighted by Gasteiger charge is -2.29. The molecule has 7 nitrogen and oxygen atoms in total. The molecule has 0 radical (unpaired) electrons. The summed E-state index contributed by atoms with van der Waals surface area (Å²) in [5, 5.41) is 9.33. The van der Waals surface area contributed by atoms with Gasteiger partial charge in [-0.2, -0.15) is 39.5 Å². The van der Waals surface area contributed by atoms with Crippen LogP contribution in [-0.4, -0.2) is 50.6 Å². The van der Waals surface area contributed by atoms with E-state index in [0.717, 1.165) is 17.9 Å². The number of carboxylic acid groups (broad SMARTS) is 1. The summed E-state index contributed by atoms with van der Waals surface area (Å²) < 4.78 is 141. The van der Waals surface area contributed by atoms with Crippen molar-refractivity contribution >= 4 is 56.1 Å². The second kappa shape index (κ2) is 25.7. The second-order valence-electron chi connectivity index (χ2n) is 19.2. The number of hydrogen-bond acceptors (Lipinski definition) is 6. The number of halogens is 12. The Bertz CT molecular complexity index is 2990. The lowest BCUT2D eigenvalue weighted by molar-refractivity contribution is -0.176. The van der Waals surface area contributed by atoms with Crippen LogP contribution in [0.3, 0.4) is 0 Å². The minimum Gasteiger partial charge on any atom is -0.481 e. The predicted octanol–water partition coefficient (Wildman–Crippen LogP) is 15.5. The number of fused-ring (bicyclic) bond motifs is 2. The van der Waals surface area contributed by atoms with Crippen molar-refractivity contribution in [3.05, 3.63) is 185 Å². The van der Waals surface area contributed by atoms with Crippen molar-refractivity contribution in [1.29, 1.82) is 0 Å². The van der Waals surface area contributed by atoms with Gasteiger partial charge in [-0.05, 0) is 97.1 Å². The first kappa shape index (κ1) is 61.6. The van der Waals surface area contributed by atoms with Gasteiger partial charge in [-0.1, -0.05) is 129 Å². The summed E-state index contributed by atoms with van der Waals surface area (Å²) in [6, 6.07) is 34.9. The minimum absolute atomic E-state index is 0.0130. The second-order valence-corrected chi connectivity index (χ2v) is 19.6. The number of hydrogen-bond donors (Lipinski definition) is 2. The van der Waals surface area contributed by atoms with Crippen LogP contribution in [0.5, 0.6) is 0 Å². The molecule has 0 spiro atoms. The fraction of sp³-hybridized carbons (Fsp3) is 0.316. The fourth-order valence-electron chi connectivity index (χ4n) is 8.40. The van der Waals surface area contributed by atoms with Crippen molar-refractivity contribution < 1.29 is 67.8 Å². The van der Waals surface area contributed by atoms with Crippen LogP contribution in [0.25, 0.3) is 21.8 Å². The monoisotopic (exact) mass is 1090 g/mol. The van der Waals surface area contributed by atoms with Crippen LogP contribution >= 0.6 is 11.6 Å². The normalized spacial score (nSPS) is 14.0. The van der Waals surface area contributed by atoms with E-state index in [2.05, 4.69) is 9.97 Å². The molecule has 0 saturated carbocycles. The van der Waals surface area contributed by atoms with E-state index < -0.39 is 76.8 Å². The molecule has 7 rings (SSSR count). The van der Waals surface area contributed by atoms with E-state index in [0.29, 0.717) is 44.4 Å². The summed E-state index contributed by atoms with van der Waals surface area (Å²) in [5.41, 5.74) is 5.73. The van der Waals surface area contributed by atoms with Gasteiger partial charge >= 0.3 is 24.5 Å². The number of pyridine rings is 2. The molecular weight excluding hydrogens is 1040 g/mol. The quantitative estimate of drug-likeness (QED) is 0.0821. The average Bonchev–Trinajstić information content (AvgIpc) is 3.31. The van der Waals surface area contributed by atoms with Crippen molar-refractivity contribution in [3.8, 4) is 0 Å². The van der Waals surface area contributed by atoms with Crippen molar-refractivity contribution in [2.45, 2.75) is 98.1 Å². The van der Waals surface area contributed by atoms with Gasteiger partial charge in [0.25, 0.3) is 0 Å². The standard InChI is InChI=1S/C23H21F4NO.C12H12ClF3O.C12H13F3O2.C10H9FN2/c1-15-17(13-28-21-18(15)9-6-10-19(21)24)11-20(29)22(2,14-23(25,26)27)12-16-7-4-3-5-8-16;1-11(10(13)17,8-12(14,15)16)7-9-5-3-2-4-6-9;1-11(10(16)17,8-12(13,14)15)7-9-5-3-2-4-6-9;1-6-7-3-2-4-8(11)10(7)13-5-9(6)12/h3-10,13H,11-12,14H2,1-2H3;2-6H,7-8H2,1H3;2-6H,7-8H2,1H3,(H,16,17);2-5H,12H2,1H3/t22-;2*11-;/m000./s1. The summed E-state index contributed by atoms with van der Waals surface area (Å²) in [5.74, 6) is -2.73. The summed E-state index contributed by atoms with van der Waals surface area (Å²) in [7, 11) is 0. The van der Waals surface area contributed by atoms with Gasteiger partial charge in [0, 0.05) is 28.8 Å². The molecule has 5 aromatic carbocycles. The summed E-state index contributed by atoms with van der Waals surface area (Å²) >= 11 is 5.30. The van der Waals surface area contributed by atoms with E-state index >= 15 is 0 Å². The molecule has 7 aromatic rings. The molecule has 0 saturated heterocycles. The van der Waals surface area contributed by atoms with Gasteiger partial charge < -0.3 is 10.8 Å². The topological polar surface area (TPSA) is 123 Å². The van der Waals surface area contributed by atoms with E-state index in [1.54, 1.807) is 116 Å². The Kier molecular flexibility index (Phi) is 20.9. The lowest BCUT2D eigenvalue weighted by atomic mass is 9.74. The van der Waals surface area contributed by atoms with Crippen LogP contribution in [0, 0.1) is 41.7 Å². The molecule has 406 valence electrons. The van der Waals surface area contributed by atoms with E-state index in [1.807, 2.05) is 13.0 Å². The Labute approximate surface area is 437 Å². The first-order valence-corrected chi connectivity index (χ1v) is 23.7. The number of carbonyl (C=O) groups is 3. The van der Waals surface area contributed by atoms with Crippen LogP contribution in [-0.2, 0) is 40.1 Å². The molecule has 0 aliphatic rings. The molecule has 19 heteroatoms. The Morgan fingerprint density at radius 2 is 0.868 bits per heavy atom. The highest BCUT2D eigenvalue weighted by Gasteiger charge is 2.46. The minimum atomic E-state index is -4.48. The molecule has 0 fully saturated rings. The first-order valence-electron chi connectivity index (χ1n) is 23.4. The largest absolute Gasteiger partial charge is 0.481 e. The Morgan fingerprint density at radius 1 is 0.513 bits per heavy atom. The highest BCUT2D eigenvalue weighted by molar-refractivity contribution is 6.64. The van der Waals surface area contributed by atoms with Crippen LogP contribution in [0.1, 0.15) is 73.4 Å². The number of carboxylic acids is 1. The number of para-hydroxylation sites is 2. The number of alkyl halides is 9. The number of aliphatic carboxylic acids is 1. The van der Waals surface area contributed by atoms with Crippen molar-refractivity contribution in [3.63, 3.8) is 0 Å². The van der Waals surface area contributed by atoms with Gasteiger partial charge in [-0.3, -0.25) is 24.4 Å². The number of anilines is 1. The van der Waals surface area contributed by atoms with Crippen molar-refractivity contribution in [1.82, 2.24) is 9.97 Å². The van der Waals surface area contributed by atoms with Crippen LogP contribution in [0.15, 0.2) is 140 Å². The molecule has 0 amide bonds. The zero-order valence-electron chi connectivity index (χ0n) is 41.9. The Balaban J connectivity index is 0.000000230. The third-order valence-electron chi connectivity index (χ3n) is 12.5. The smallest absolute Gasteiger partial charge is 0.390 e. The molecule has 3 N–H and O–H groups in total. The van der Waals surface area contributed by atoms with Gasteiger partial charge in [0.05, 0.1) is 42.0 Å². The number of carbonyl (C=O) groups excluding carboxylic acids is 2. The number of aryl methyl sites for hydroxylation is 2. The van der Waals surface area contributed by atoms with Gasteiger partial charge in [-0.15, -0.1) is 0 Å². The maximum Gasteiger partial charge on any atom is 0.390 e. The molecule has 3 atom stereocenters. The molecular formula is C57H55ClF11N3O4. The highest BCUT2D eigenvalue weighted by atomic mass is 35.5. The van der Waals surface area contributed by atoms with E-state index in [-0.39, 0.29) is 37.0 Å². The van der Waals surface area contributed by atoms with Crippen LogP contribution < -0.4 is 5.73 Å². The van der Waals surface area contributed by atoms with Crippen molar-refractivity contribution in [2.24, 2.45) is 16.2 Å². The lowest BCUT2D eigenvalue weighted by Crippen LogP contribution is -2.36. The summed E-state index contributed by atoms with van der Waals surface area (Å²) in [6.07, 6.45) is -14.6. The zero-order valence-corrected chi connectivity index (χ0v) is 42.7. The Morgan fingerprint density at radius 3 is 1.26 bits per heavy atom. The molecule has 0 bridgehead atoms. The van der Waals surface area contributed by atoms with E-state index in [1.165, 1.54) is 38.4 Å². The van der Waals surface area contributed by atoms with E-state index in [9.17, 15) is 62.7 Å². The number of Topliss-reactive ketones (excluding diaryl/α,β-unsaturated/α-hetero) is 1. The molecule has 0 unspecified atom stereocenters.